The number of rotatable bonds is 5. The molecule has 0 aliphatic carbocycles. The Bertz CT molecular complexity index is 1020. The number of para-hydroxylation sites is 2. The Morgan fingerprint density at radius 1 is 0.933 bits per heavy atom. The van der Waals surface area contributed by atoms with Gasteiger partial charge in [-0.15, -0.1) is 0 Å². The molecule has 1 saturated heterocycles. The van der Waals surface area contributed by atoms with Gasteiger partial charge in [-0.1, -0.05) is 36.4 Å². The summed E-state index contributed by atoms with van der Waals surface area (Å²) in [4.78, 5) is 32.6. The zero-order valence-electron chi connectivity index (χ0n) is 17.1. The van der Waals surface area contributed by atoms with Crippen LogP contribution in [0.2, 0.25) is 0 Å². The zero-order valence-corrected chi connectivity index (χ0v) is 17.1. The molecule has 3 N–H and O–H groups in total. The molecule has 0 radical (unpaired) electrons. The topological polar surface area (TPSA) is 80.5 Å². The Balaban J connectivity index is 1.22. The maximum atomic E-state index is 12.6. The van der Waals surface area contributed by atoms with Crippen LogP contribution < -0.4 is 15.8 Å². The van der Waals surface area contributed by atoms with Crippen molar-refractivity contribution in [3.63, 3.8) is 0 Å². The van der Waals surface area contributed by atoms with E-state index in [4.69, 9.17) is 0 Å². The molecular formula is C23H27N5O2. The van der Waals surface area contributed by atoms with Crippen molar-refractivity contribution < 1.29 is 9.59 Å². The fourth-order valence-electron chi connectivity index (χ4n) is 3.95. The highest BCUT2D eigenvalue weighted by Crippen LogP contribution is 2.21. The predicted molar refractivity (Wildman–Crippen MR) is 118 cm³/mol. The smallest absolute Gasteiger partial charge is 0.272 e. The fourth-order valence-corrected chi connectivity index (χ4v) is 3.95. The van der Waals surface area contributed by atoms with Crippen LogP contribution in [0.5, 0.6) is 0 Å². The number of H-pyrrole nitrogens is 1. The van der Waals surface area contributed by atoms with E-state index in [0.29, 0.717) is 18.5 Å². The number of carbonyl (C=O) groups is 2. The van der Waals surface area contributed by atoms with Crippen LogP contribution in [-0.2, 0) is 4.79 Å². The Morgan fingerprint density at radius 3 is 2.40 bits per heavy atom. The molecule has 3 aromatic rings. The number of aromatic nitrogens is 1. The van der Waals surface area contributed by atoms with Crippen molar-refractivity contribution in [2.75, 3.05) is 37.6 Å². The third kappa shape index (κ3) is 4.46. The predicted octanol–water partition coefficient (Wildman–Crippen LogP) is 2.45. The Morgan fingerprint density at radius 2 is 1.63 bits per heavy atom. The monoisotopic (exact) mass is 405 g/mol. The highest BCUT2D eigenvalue weighted by atomic mass is 16.2. The normalized spacial score (nSPS) is 14.6. The molecule has 0 atom stereocenters. The number of anilines is 1. The van der Waals surface area contributed by atoms with E-state index in [9.17, 15) is 9.59 Å². The van der Waals surface area contributed by atoms with Crippen molar-refractivity contribution in [3.8, 4) is 0 Å². The molecule has 2 aromatic carbocycles. The van der Waals surface area contributed by atoms with Gasteiger partial charge in [0.2, 0.25) is 5.91 Å². The number of hydrogen-bond acceptors (Lipinski definition) is 4. The van der Waals surface area contributed by atoms with Crippen LogP contribution in [-0.4, -0.2) is 54.4 Å². The number of aromatic amines is 1. The summed E-state index contributed by atoms with van der Waals surface area (Å²) in [5.74, 6) is -0.499. The van der Waals surface area contributed by atoms with Crippen molar-refractivity contribution in [2.45, 2.75) is 13.3 Å². The fraction of sp³-hybridized carbons (Fsp3) is 0.304. The first-order valence-corrected chi connectivity index (χ1v) is 10.3. The van der Waals surface area contributed by atoms with Gasteiger partial charge in [-0.2, -0.15) is 0 Å². The average Bonchev–Trinajstić information content (AvgIpc) is 3.12. The van der Waals surface area contributed by atoms with E-state index in [1.807, 2.05) is 37.3 Å². The van der Waals surface area contributed by atoms with Gasteiger partial charge < -0.3 is 9.88 Å². The van der Waals surface area contributed by atoms with Crippen LogP contribution in [0.25, 0.3) is 10.9 Å². The molecule has 30 heavy (non-hydrogen) atoms. The van der Waals surface area contributed by atoms with E-state index in [1.54, 1.807) is 0 Å². The molecular weight excluding hydrogens is 378 g/mol. The number of benzene rings is 2. The number of hydrogen-bond donors (Lipinski definition) is 3. The number of aryl methyl sites for hydroxylation is 1. The molecule has 0 saturated carbocycles. The van der Waals surface area contributed by atoms with Crippen LogP contribution in [0.1, 0.15) is 22.5 Å². The first kappa shape index (κ1) is 20.0. The van der Waals surface area contributed by atoms with E-state index in [2.05, 4.69) is 49.9 Å². The molecule has 1 aliphatic rings. The van der Waals surface area contributed by atoms with Crippen molar-refractivity contribution in [2.24, 2.45) is 0 Å². The van der Waals surface area contributed by atoms with Crippen LogP contribution in [0.4, 0.5) is 5.69 Å². The van der Waals surface area contributed by atoms with Gasteiger partial charge in [-0.05, 0) is 25.1 Å². The second-order valence-corrected chi connectivity index (χ2v) is 7.59. The van der Waals surface area contributed by atoms with E-state index in [0.717, 1.165) is 42.8 Å². The largest absolute Gasteiger partial charge is 0.369 e. The minimum atomic E-state index is -0.310. The lowest BCUT2D eigenvalue weighted by Crippen LogP contribution is -2.48. The van der Waals surface area contributed by atoms with Crippen LogP contribution in [0, 0.1) is 6.92 Å². The summed E-state index contributed by atoms with van der Waals surface area (Å²) in [6, 6.07) is 18.0. The third-order valence-corrected chi connectivity index (χ3v) is 5.58. The minimum Gasteiger partial charge on any atom is -0.369 e. The van der Waals surface area contributed by atoms with E-state index >= 15 is 0 Å². The summed E-state index contributed by atoms with van der Waals surface area (Å²) in [6.07, 6.45) is 0.346. The number of nitrogens with zero attached hydrogens (tertiary/aromatic N) is 2. The van der Waals surface area contributed by atoms with Crippen molar-refractivity contribution in [1.29, 1.82) is 0 Å². The number of carbonyl (C=O) groups excluding carboxylic acids is 2. The van der Waals surface area contributed by atoms with Gasteiger partial charge in [0.1, 0.15) is 0 Å². The summed E-state index contributed by atoms with van der Waals surface area (Å²) in [5.41, 5.74) is 8.58. The van der Waals surface area contributed by atoms with Gasteiger partial charge in [-0.3, -0.25) is 25.3 Å². The molecule has 2 heterocycles. The van der Waals surface area contributed by atoms with Gasteiger partial charge in [0.25, 0.3) is 5.91 Å². The molecule has 156 valence electrons. The molecule has 0 bridgehead atoms. The molecule has 2 amide bonds. The first-order chi connectivity index (χ1) is 14.6. The number of fused-ring (bicyclic) bond motifs is 1. The molecule has 0 spiro atoms. The van der Waals surface area contributed by atoms with Gasteiger partial charge in [0.05, 0.1) is 5.56 Å². The maximum absolute atomic E-state index is 12.6. The SMILES string of the molecule is Cc1[nH]c2ccccc2c1C(=O)NNC(=O)CCN1CCN(c2ccccc2)CC1. The van der Waals surface area contributed by atoms with Crippen molar-refractivity contribution in [3.05, 3.63) is 65.9 Å². The van der Waals surface area contributed by atoms with Crippen LogP contribution in [0.15, 0.2) is 54.6 Å². The van der Waals surface area contributed by atoms with E-state index in [1.165, 1.54) is 5.69 Å². The van der Waals surface area contributed by atoms with Gasteiger partial charge >= 0.3 is 0 Å². The highest BCUT2D eigenvalue weighted by molar-refractivity contribution is 6.08. The van der Waals surface area contributed by atoms with Crippen LogP contribution in [0.3, 0.4) is 0 Å². The van der Waals surface area contributed by atoms with Gasteiger partial charge in [0.15, 0.2) is 0 Å². The first-order valence-electron chi connectivity index (χ1n) is 10.3. The van der Waals surface area contributed by atoms with Crippen molar-refractivity contribution >= 4 is 28.4 Å². The maximum Gasteiger partial charge on any atom is 0.272 e. The lowest BCUT2D eigenvalue weighted by Gasteiger charge is -2.36. The number of nitrogens with one attached hydrogen (secondary N) is 3. The summed E-state index contributed by atoms with van der Waals surface area (Å²) in [7, 11) is 0. The minimum absolute atomic E-state index is 0.189. The molecule has 1 fully saturated rings. The lowest BCUT2D eigenvalue weighted by atomic mass is 10.1. The Labute approximate surface area is 176 Å². The van der Waals surface area contributed by atoms with Crippen LogP contribution >= 0.6 is 0 Å². The molecule has 4 rings (SSSR count). The summed E-state index contributed by atoms with van der Waals surface area (Å²) in [5, 5.41) is 0.845. The van der Waals surface area contributed by atoms with Gasteiger partial charge in [0, 0.05) is 61.4 Å². The number of piperazine rings is 1. The van der Waals surface area contributed by atoms with E-state index in [-0.39, 0.29) is 11.8 Å². The average molecular weight is 406 g/mol. The Hall–Kier alpha value is -3.32. The summed E-state index contributed by atoms with van der Waals surface area (Å²) < 4.78 is 0. The lowest BCUT2D eigenvalue weighted by molar-refractivity contribution is -0.122. The quantitative estimate of drug-likeness (QED) is 0.570. The second kappa shape index (κ2) is 9.00. The molecule has 1 aliphatic heterocycles. The highest BCUT2D eigenvalue weighted by Gasteiger charge is 2.19. The number of amides is 2. The molecule has 0 unspecified atom stereocenters. The van der Waals surface area contributed by atoms with Crippen molar-refractivity contribution in [1.82, 2.24) is 20.7 Å². The Kier molecular flexibility index (Phi) is 5.99. The summed E-state index contributed by atoms with van der Waals surface area (Å²) in [6.45, 7) is 6.26. The molecule has 7 nitrogen and oxygen atoms in total. The van der Waals surface area contributed by atoms with Gasteiger partial charge in [-0.25, -0.2) is 0 Å². The standard InChI is InChI=1S/C23H27N5O2/c1-17-22(19-9-5-6-10-20(19)24-17)23(30)26-25-21(29)11-12-27-13-15-28(16-14-27)18-7-3-2-4-8-18/h2-10,24H,11-16H2,1H3,(H,25,29)(H,26,30). The second-order valence-electron chi connectivity index (χ2n) is 7.59. The summed E-state index contributed by atoms with van der Waals surface area (Å²) >= 11 is 0. The van der Waals surface area contributed by atoms with E-state index < -0.39 is 0 Å². The number of hydrazine groups is 1. The molecule has 1 aromatic heterocycles. The molecule has 7 heteroatoms. The zero-order chi connectivity index (χ0) is 20.9. The third-order valence-electron chi connectivity index (χ3n) is 5.58.